The van der Waals surface area contributed by atoms with Gasteiger partial charge in [-0.2, -0.15) is 0 Å². The second-order valence-electron chi connectivity index (χ2n) is 7.58. The van der Waals surface area contributed by atoms with E-state index < -0.39 is 0 Å². The number of nitrogens with zero attached hydrogens (tertiary/aromatic N) is 3. The number of pyridine rings is 1. The number of anilines is 2. The molecular formula is C28H18N3OPt+. The molecule has 0 saturated carbocycles. The van der Waals surface area contributed by atoms with Crippen LogP contribution in [0, 0.1) is 6.07 Å². The SMILES string of the molecule is Oc1ccccc1N1[C-]=[N+](c2[c-]c(-c3ccccn3)ccc2)c2cccc3cccc1c23.[Pt+2]. The van der Waals surface area contributed by atoms with Crippen LogP contribution in [0.25, 0.3) is 22.0 Å². The van der Waals surface area contributed by atoms with Crippen molar-refractivity contribution < 1.29 is 26.2 Å². The monoisotopic (exact) mass is 607 g/mol. The van der Waals surface area contributed by atoms with Crippen molar-refractivity contribution in [2.75, 3.05) is 4.90 Å². The number of benzene rings is 4. The molecule has 5 aromatic rings. The minimum atomic E-state index is 0. The first-order chi connectivity index (χ1) is 15.8. The van der Waals surface area contributed by atoms with E-state index in [1.165, 1.54) is 0 Å². The summed E-state index contributed by atoms with van der Waals surface area (Å²) in [5, 5.41) is 12.8. The van der Waals surface area contributed by atoms with Crippen LogP contribution in [-0.2, 0) is 21.1 Å². The van der Waals surface area contributed by atoms with Crippen LogP contribution in [0.1, 0.15) is 0 Å². The molecule has 6 rings (SSSR count). The van der Waals surface area contributed by atoms with E-state index in [2.05, 4.69) is 41.7 Å². The maximum atomic E-state index is 10.6. The molecule has 0 fully saturated rings. The predicted octanol–water partition coefficient (Wildman–Crippen LogP) is 6.30. The smallest absolute Gasteiger partial charge is 0.511 e. The van der Waals surface area contributed by atoms with Gasteiger partial charge in [-0.05, 0) is 47.1 Å². The largest absolute Gasteiger partial charge is 2.00 e. The molecule has 160 valence electrons. The Bertz CT molecular complexity index is 1490. The van der Waals surface area contributed by atoms with Gasteiger partial charge in [-0.25, -0.2) is 0 Å². The quantitative estimate of drug-likeness (QED) is 0.194. The summed E-state index contributed by atoms with van der Waals surface area (Å²) in [4.78, 5) is 6.38. The van der Waals surface area contributed by atoms with E-state index in [0.29, 0.717) is 5.69 Å². The van der Waals surface area contributed by atoms with Crippen LogP contribution in [0.4, 0.5) is 22.7 Å². The van der Waals surface area contributed by atoms with Gasteiger partial charge in [0.1, 0.15) is 11.4 Å². The molecule has 0 aliphatic carbocycles. The third-order valence-corrected chi connectivity index (χ3v) is 5.63. The molecule has 0 unspecified atom stereocenters. The first-order valence-corrected chi connectivity index (χ1v) is 10.4. The fraction of sp³-hybridized carbons (Fsp3) is 0. The van der Waals surface area contributed by atoms with Crippen LogP contribution >= 0.6 is 0 Å². The fourth-order valence-electron chi connectivity index (χ4n) is 4.16. The normalized spacial score (nSPS) is 12.2. The number of hydrogen-bond acceptors (Lipinski definition) is 3. The molecule has 1 aliphatic rings. The zero-order chi connectivity index (χ0) is 21.5. The van der Waals surface area contributed by atoms with Gasteiger partial charge in [-0.15, -0.1) is 29.8 Å². The summed E-state index contributed by atoms with van der Waals surface area (Å²) in [5.74, 6) is 0.197. The van der Waals surface area contributed by atoms with E-state index in [4.69, 9.17) is 0 Å². The Morgan fingerprint density at radius 2 is 1.52 bits per heavy atom. The van der Waals surface area contributed by atoms with Gasteiger partial charge in [-0.1, -0.05) is 48.5 Å². The Morgan fingerprint density at radius 1 is 0.758 bits per heavy atom. The molecular weight excluding hydrogens is 589 g/mol. The van der Waals surface area contributed by atoms with Gasteiger partial charge in [0.05, 0.1) is 11.4 Å². The molecule has 0 atom stereocenters. The molecule has 4 nitrogen and oxygen atoms in total. The van der Waals surface area contributed by atoms with Gasteiger partial charge in [0.15, 0.2) is 0 Å². The summed E-state index contributed by atoms with van der Waals surface area (Å²) < 4.78 is 1.99. The van der Waals surface area contributed by atoms with Gasteiger partial charge in [0, 0.05) is 11.6 Å². The van der Waals surface area contributed by atoms with Crippen LogP contribution in [0.5, 0.6) is 5.75 Å². The minimum Gasteiger partial charge on any atom is -0.511 e. The Labute approximate surface area is 206 Å². The number of hydrogen-bond donors (Lipinski definition) is 1. The number of phenolic OH excluding ortho intramolecular Hbond substituents is 1. The molecule has 0 bridgehead atoms. The summed E-state index contributed by atoms with van der Waals surface area (Å²) in [7, 11) is 0. The Hall–Kier alpha value is -3.75. The third kappa shape index (κ3) is 3.63. The molecule has 0 radical (unpaired) electrons. The zero-order valence-electron chi connectivity index (χ0n) is 17.4. The summed E-state index contributed by atoms with van der Waals surface area (Å²) in [6.45, 7) is 0. The van der Waals surface area contributed by atoms with Gasteiger partial charge in [0.2, 0.25) is 0 Å². The maximum absolute atomic E-state index is 10.6. The van der Waals surface area contributed by atoms with E-state index in [1.54, 1.807) is 12.3 Å². The fourth-order valence-corrected chi connectivity index (χ4v) is 4.16. The molecule has 1 aliphatic heterocycles. The summed E-state index contributed by atoms with van der Waals surface area (Å²) in [6.07, 6.45) is 5.26. The van der Waals surface area contributed by atoms with E-state index in [1.807, 2.05) is 76.2 Å². The van der Waals surface area contributed by atoms with Crippen LogP contribution in [0.3, 0.4) is 0 Å². The van der Waals surface area contributed by atoms with Crippen molar-refractivity contribution in [3.8, 4) is 17.0 Å². The number of aromatic hydroxyl groups is 1. The van der Waals surface area contributed by atoms with Crippen LogP contribution in [0.15, 0.2) is 103 Å². The maximum Gasteiger partial charge on any atom is 2.00 e. The number of rotatable bonds is 3. The standard InChI is InChI=1S/C28H18N3O.Pt/c32-27-16-2-1-13-24(27)31-19-30(25-14-6-8-20-9-7-15-26(31)28(20)25)22-11-5-10-21(18-22)23-12-3-4-17-29-23;/h1-17,32H;/q-1;+2. The number of aromatic nitrogens is 1. The molecule has 33 heavy (non-hydrogen) atoms. The first-order valence-electron chi connectivity index (χ1n) is 10.4. The van der Waals surface area contributed by atoms with E-state index >= 15 is 0 Å². The van der Waals surface area contributed by atoms with E-state index in [0.717, 1.165) is 39.1 Å². The molecule has 1 aromatic heterocycles. The Balaban J connectivity index is 0.00000228. The molecule has 0 saturated heterocycles. The van der Waals surface area contributed by atoms with Crippen molar-refractivity contribution in [3.05, 3.63) is 109 Å². The first kappa shape index (κ1) is 21.1. The molecule has 0 amide bonds. The second kappa shape index (κ2) is 8.65. The minimum absolute atomic E-state index is 0. The molecule has 2 heterocycles. The molecule has 0 spiro atoms. The number of phenols is 1. The molecule has 1 N–H and O–H groups in total. The van der Waals surface area contributed by atoms with Gasteiger partial charge >= 0.3 is 21.1 Å². The average molecular weight is 608 g/mol. The van der Waals surface area contributed by atoms with E-state index in [-0.39, 0.29) is 26.8 Å². The van der Waals surface area contributed by atoms with Crippen LogP contribution in [-0.4, -0.2) is 16.4 Å². The summed E-state index contributed by atoms with van der Waals surface area (Å²) in [6, 6.07) is 35.1. The van der Waals surface area contributed by atoms with Gasteiger partial charge in [-0.3, -0.25) is 4.90 Å². The van der Waals surface area contributed by atoms with Crippen molar-refractivity contribution in [2.45, 2.75) is 0 Å². The predicted molar refractivity (Wildman–Crippen MR) is 129 cm³/mol. The molecule has 4 aromatic carbocycles. The third-order valence-electron chi connectivity index (χ3n) is 5.63. The van der Waals surface area contributed by atoms with Crippen molar-refractivity contribution in [3.63, 3.8) is 0 Å². The zero-order valence-corrected chi connectivity index (χ0v) is 19.7. The van der Waals surface area contributed by atoms with Crippen molar-refractivity contribution in [1.29, 1.82) is 0 Å². The number of para-hydroxylation sites is 2. The van der Waals surface area contributed by atoms with Crippen molar-refractivity contribution in [2.24, 2.45) is 0 Å². The molecule has 5 heteroatoms. The Kier molecular flexibility index (Phi) is 5.53. The van der Waals surface area contributed by atoms with Gasteiger partial charge in [0.25, 0.3) is 6.34 Å². The van der Waals surface area contributed by atoms with E-state index in [9.17, 15) is 5.11 Å². The average Bonchev–Trinajstić information content (AvgIpc) is 2.86. The summed E-state index contributed by atoms with van der Waals surface area (Å²) >= 11 is 0. The van der Waals surface area contributed by atoms with Crippen molar-refractivity contribution >= 4 is 39.9 Å². The van der Waals surface area contributed by atoms with Crippen LogP contribution < -0.4 is 9.48 Å². The van der Waals surface area contributed by atoms with Gasteiger partial charge < -0.3 is 14.7 Å². The second-order valence-corrected chi connectivity index (χ2v) is 7.58. The van der Waals surface area contributed by atoms with Crippen molar-refractivity contribution in [1.82, 2.24) is 9.56 Å². The van der Waals surface area contributed by atoms with Crippen LogP contribution in [0.2, 0.25) is 0 Å². The summed E-state index contributed by atoms with van der Waals surface area (Å²) in [5.41, 5.74) is 5.26. The topological polar surface area (TPSA) is 39.4 Å². The Morgan fingerprint density at radius 3 is 2.33 bits per heavy atom.